The van der Waals surface area contributed by atoms with Gasteiger partial charge >= 0.3 is 30.1 Å². The van der Waals surface area contributed by atoms with Crippen molar-refractivity contribution in [1.29, 1.82) is 0 Å². The van der Waals surface area contributed by atoms with Crippen LogP contribution < -0.4 is 0 Å². The summed E-state index contributed by atoms with van der Waals surface area (Å²) in [5.41, 5.74) is -4.72. The summed E-state index contributed by atoms with van der Waals surface area (Å²) in [6.07, 6.45) is -2.72. The van der Waals surface area contributed by atoms with Crippen molar-refractivity contribution >= 4 is 36.0 Å². The summed E-state index contributed by atoms with van der Waals surface area (Å²) in [6, 6.07) is 4.09. The maximum Gasteiger partial charge on any atom is 0.402 e. The number of hydrogen-bond donors (Lipinski definition) is 0. The molecule has 0 bridgehead atoms. The zero-order valence-electron chi connectivity index (χ0n) is 16.5. The molecule has 0 saturated carbocycles. The van der Waals surface area contributed by atoms with Crippen LogP contribution in [-0.4, -0.2) is 30.1 Å². The average Bonchev–Trinajstić information content (AvgIpc) is 3.18. The van der Waals surface area contributed by atoms with Gasteiger partial charge in [0.15, 0.2) is 0 Å². The Hall–Kier alpha value is -4.01. The third-order valence-corrected chi connectivity index (χ3v) is 5.71. The molecule has 2 aromatic carbocycles. The van der Waals surface area contributed by atoms with Crippen molar-refractivity contribution in [3.63, 3.8) is 0 Å². The SMILES string of the molecule is C=Cc1cc2c(cc1C(C)(c1cc3c(cc1C=C)C(=O)OC3=O)C(F)(F)F)C(=O)OC2=O. The zero-order chi connectivity index (χ0) is 23.6. The lowest BCUT2D eigenvalue weighted by molar-refractivity contribution is -0.173. The normalized spacial score (nSPS) is 15.2. The van der Waals surface area contributed by atoms with Crippen LogP contribution in [0.1, 0.15) is 70.6 Å². The fourth-order valence-corrected chi connectivity index (χ4v) is 3.95. The Labute approximate surface area is 178 Å². The van der Waals surface area contributed by atoms with Gasteiger partial charge in [-0.3, -0.25) is 0 Å². The van der Waals surface area contributed by atoms with Crippen LogP contribution in [0, 0.1) is 0 Å². The highest BCUT2D eigenvalue weighted by molar-refractivity contribution is 6.16. The van der Waals surface area contributed by atoms with Gasteiger partial charge in [0.2, 0.25) is 0 Å². The Morgan fingerprint density at radius 2 is 1.00 bits per heavy atom. The van der Waals surface area contributed by atoms with E-state index in [-0.39, 0.29) is 33.4 Å². The van der Waals surface area contributed by atoms with E-state index in [0.717, 1.165) is 43.3 Å². The van der Waals surface area contributed by atoms with Crippen LogP contribution >= 0.6 is 0 Å². The smallest absolute Gasteiger partial charge is 0.386 e. The molecule has 0 saturated heterocycles. The molecule has 0 aromatic heterocycles. The number of rotatable bonds is 4. The first kappa shape index (κ1) is 21.2. The largest absolute Gasteiger partial charge is 0.402 e. The van der Waals surface area contributed by atoms with Gasteiger partial charge in [0.05, 0.1) is 22.3 Å². The Balaban J connectivity index is 2.10. The second-order valence-corrected chi connectivity index (χ2v) is 7.36. The lowest BCUT2D eigenvalue weighted by Gasteiger charge is -2.36. The van der Waals surface area contributed by atoms with E-state index in [1.807, 2.05) is 0 Å². The van der Waals surface area contributed by atoms with E-state index < -0.39 is 46.6 Å². The van der Waals surface area contributed by atoms with Crippen LogP contribution in [0.25, 0.3) is 12.2 Å². The van der Waals surface area contributed by atoms with Crippen molar-refractivity contribution in [3.05, 3.63) is 81.9 Å². The van der Waals surface area contributed by atoms with Gasteiger partial charge in [0.25, 0.3) is 0 Å². The van der Waals surface area contributed by atoms with Crippen molar-refractivity contribution in [2.45, 2.75) is 18.5 Å². The van der Waals surface area contributed by atoms with Crippen LogP contribution in [0.15, 0.2) is 37.4 Å². The highest BCUT2D eigenvalue weighted by atomic mass is 19.4. The van der Waals surface area contributed by atoms with Gasteiger partial charge in [-0.2, -0.15) is 13.2 Å². The van der Waals surface area contributed by atoms with Crippen molar-refractivity contribution in [2.24, 2.45) is 0 Å². The lowest BCUT2D eigenvalue weighted by atomic mass is 9.70. The Kier molecular flexibility index (Phi) is 4.47. The van der Waals surface area contributed by atoms with Crippen molar-refractivity contribution in [3.8, 4) is 0 Å². The third-order valence-electron chi connectivity index (χ3n) is 5.71. The molecule has 2 aliphatic rings. The number of carbonyl (C=O) groups excluding carboxylic acids is 4. The number of carbonyl (C=O) groups is 4. The Morgan fingerprint density at radius 1 is 0.688 bits per heavy atom. The van der Waals surface area contributed by atoms with Gasteiger partial charge in [-0.15, -0.1) is 0 Å². The zero-order valence-corrected chi connectivity index (χ0v) is 16.5. The molecule has 0 amide bonds. The second-order valence-electron chi connectivity index (χ2n) is 7.36. The fourth-order valence-electron chi connectivity index (χ4n) is 3.95. The lowest BCUT2D eigenvalue weighted by Crippen LogP contribution is -2.42. The van der Waals surface area contributed by atoms with Crippen molar-refractivity contribution in [2.75, 3.05) is 0 Å². The number of halogens is 3. The van der Waals surface area contributed by atoms with E-state index in [1.165, 1.54) is 0 Å². The molecule has 162 valence electrons. The summed E-state index contributed by atoms with van der Waals surface area (Å²) in [6.45, 7) is 7.92. The van der Waals surface area contributed by atoms with Crippen molar-refractivity contribution in [1.82, 2.24) is 0 Å². The summed E-state index contributed by atoms with van der Waals surface area (Å²) in [7, 11) is 0. The van der Waals surface area contributed by atoms with E-state index in [9.17, 15) is 32.3 Å². The molecule has 0 N–H and O–H groups in total. The van der Waals surface area contributed by atoms with E-state index in [4.69, 9.17) is 0 Å². The number of ether oxygens (including phenoxy) is 2. The second kappa shape index (κ2) is 6.74. The topological polar surface area (TPSA) is 86.7 Å². The molecule has 32 heavy (non-hydrogen) atoms. The van der Waals surface area contributed by atoms with E-state index in [0.29, 0.717) is 0 Å². The fraction of sp³-hybridized carbons (Fsp3) is 0.130. The molecule has 0 spiro atoms. The van der Waals surface area contributed by atoms with Gasteiger partial charge in [-0.25, -0.2) is 19.2 Å². The first-order valence-corrected chi connectivity index (χ1v) is 9.15. The average molecular weight is 442 g/mol. The Morgan fingerprint density at radius 3 is 1.28 bits per heavy atom. The van der Waals surface area contributed by atoms with Gasteiger partial charge in [-0.05, 0) is 53.4 Å². The number of fused-ring (bicyclic) bond motifs is 2. The summed E-state index contributed by atoms with van der Waals surface area (Å²) in [4.78, 5) is 47.8. The highest BCUT2D eigenvalue weighted by Crippen LogP contribution is 2.50. The van der Waals surface area contributed by atoms with Crippen LogP contribution in [-0.2, 0) is 14.9 Å². The van der Waals surface area contributed by atoms with E-state index >= 15 is 0 Å². The van der Waals surface area contributed by atoms with Gasteiger partial charge < -0.3 is 9.47 Å². The predicted octanol–water partition coefficient (Wildman–Crippen LogP) is 4.46. The minimum atomic E-state index is -4.95. The quantitative estimate of drug-likeness (QED) is 0.513. The van der Waals surface area contributed by atoms with Gasteiger partial charge in [-0.1, -0.05) is 25.3 Å². The summed E-state index contributed by atoms with van der Waals surface area (Å²) >= 11 is 0. The molecular weight excluding hydrogens is 429 g/mol. The Bertz CT molecular complexity index is 1200. The molecule has 2 aromatic rings. The molecule has 0 fully saturated rings. The molecule has 0 unspecified atom stereocenters. The van der Waals surface area contributed by atoms with E-state index in [1.54, 1.807) is 0 Å². The number of alkyl halides is 3. The van der Waals surface area contributed by atoms with Gasteiger partial charge in [0.1, 0.15) is 5.41 Å². The van der Waals surface area contributed by atoms with E-state index in [2.05, 4.69) is 22.6 Å². The number of esters is 4. The molecule has 0 atom stereocenters. The predicted molar refractivity (Wildman–Crippen MR) is 105 cm³/mol. The standard InChI is InChI=1S/C23H13F3O6/c1-4-10-6-12-14(20(29)31-18(12)27)8-16(10)22(3,23(24,25)26)17-9-15-13(7-11(17)5-2)19(28)32-21(15)30/h4-9H,1-2H2,3H3. The summed E-state index contributed by atoms with van der Waals surface area (Å²) in [5.74, 6) is -4.09. The molecule has 6 nitrogen and oxygen atoms in total. The molecule has 4 rings (SSSR count). The minimum absolute atomic E-state index is 0.0654. The molecule has 9 heteroatoms. The number of cyclic esters (lactones) is 4. The highest BCUT2D eigenvalue weighted by Gasteiger charge is 2.56. The summed E-state index contributed by atoms with van der Waals surface area (Å²) < 4.78 is 53.2. The van der Waals surface area contributed by atoms with Crippen LogP contribution in [0.3, 0.4) is 0 Å². The molecule has 2 aliphatic heterocycles. The number of benzene rings is 2. The molecule has 2 heterocycles. The third kappa shape index (κ3) is 2.74. The maximum absolute atomic E-state index is 14.7. The van der Waals surface area contributed by atoms with Crippen LogP contribution in [0.4, 0.5) is 13.2 Å². The van der Waals surface area contributed by atoms with Crippen LogP contribution in [0.5, 0.6) is 0 Å². The van der Waals surface area contributed by atoms with Crippen molar-refractivity contribution < 1.29 is 41.8 Å². The monoisotopic (exact) mass is 442 g/mol. The molecular formula is C23H13F3O6. The molecule has 0 aliphatic carbocycles. The maximum atomic E-state index is 14.7. The first-order chi connectivity index (χ1) is 14.9. The minimum Gasteiger partial charge on any atom is -0.386 e. The van der Waals surface area contributed by atoms with Crippen LogP contribution in [0.2, 0.25) is 0 Å². The first-order valence-electron chi connectivity index (χ1n) is 9.15. The number of hydrogen-bond acceptors (Lipinski definition) is 6. The summed E-state index contributed by atoms with van der Waals surface area (Å²) in [5, 5.41) is 0. The van der Waals surface area contributed by atoms with Gasteiger partial charge in [0, 0.05) is 0 Å². The molecule has 0 radical (unpaired) electrons.